The van der Waals surface area contributed by atoms with Gasteiger partial charge in [0, 0.05) is 66.5 Å². The second-order valence-electron chi connectivity index (χ2n) is 8.24. The van der Waals surface area contributed by atoms with E-state index in [0.717, 1.165) is 48.8 Å². The topological polar surface area (TPSA) is 54.2 Å². The van der Waals surface area contributed by atoms with Gasteiger partial charge in [0.2, 0.25) is 0 Å². The lowest BCUT2D eigenvalue weighted by molar-refractivity contribution is 0.242. The molecule has 3 heterocycles. The van der Waals surface area contributed by atoms with Crippen molar-refractivity contribution in [1.82, 2.24) is 19.4 Å². The summed E-state index contributed by atoms with van der Waals surface area (Å²) in [7, 11) is 0. The number of nitrogens with zero attached hydrogens (tertiary/aromatic N) is 4. The number of benzene rings is 2. The van der Waals surface area contributed by atoms with Crippen molar-refractivity contribution in [1.29, 1.82) is 0 Å². The smallest absolute Gasteiger partial charge is 0.159 e. The summed E-state index contributed by atoms with van der Waals surface area (Å²) < 4.78 is 2.21. The van der Waals surface area contributed by atoms with Crippen molar-refractivity contribution in [3.63, 3.8) is 0 Å². The predicted molar refractivity (Wildman–Crippen MR) is 122 cm³/mol. The molecule has 4 aromatic rings. The van der Waals surface area contributed by atoms with E-state index in [9.17, 15) is 5.11 Å². The van der Waals surface area contributed by atoms with E-state index in [0.29, 0.717) is 0 Å². The summed E-state index contributed by atoms with van der Waals surface area (Å²) in [4.78, 5) is 11.9. The molecule has 0 saturated heterocycles. The van der Waals surface area contributed by atoms with Crippen LogP contribution in [0.5, 0.6) is 5.75 Å². The molecule has 0 bridgehead atoms. The van der Waals surface area contributed by atoms with Gasteiger partial charge in [-0.1, -0.05) is 36.4 Å². The largest absolute Gasteiger partial charge is 0.508 e. The first-order valence-corrected chi connectivity index (χ1v) is 10.7. The van der Waals surface area contributed by atoms with Crippen molar-refractivity contribution in [2.24, 2.45) is 0 Å². The number of phenols is 1. The van der Waals surface area contributed by atoms with Crippen LogP contribution in [0.4, 0.5) is 0 Å². The minimum Gasteiger partial charge on any atom is -0.508 e. The molecule has 0 unspecified atom stereocenters. The van der Waals surface area contributed by atoms with Gasteiger partial charge < -0.3 is 9.67 Å². The summed E-state index contributed by atoms with van der Waals surface area (Å²) >= 11 is 0. The third-order valence-electron chi connectivity index (χ3n) is 6.06. The van der Waals surface area contributed by atoms with Crippen LogP contribution < -0.4 is 0 Å². The quantitative estimate of drug-likeness (QED) is 0.524. The summed E-state index contributed by atoms with van der Waals surface area (Å²) in [6.45, 7) is 7.00. The Kier molecular flexibility index (Phi) is 5.04. The molecule has 1 aliphatic rings. The van der Waals surface area contributed by atoms with E-state index in [1.54, 1.807) is 6.07 Å². The maximum atomic E-state index is 9.88. The van der Waals surface area contributed by atoms with Crippen LogP contribution in [-0.4, -0.2) is 31.1 Å². The van der Waals surface area contributed by atoms with Gasteiger partial charge in [0.25, 0.3) is 0 Å². The summed E-state index contributed by atoms with van der Waals surface area (Å²) in [5.41, 5.74) is 8.13. The van der Waals surface area contributed by atoms with E-state index >= 15 is 0 Å². The lowest BCUT2D eigenvalue weighted by Gasteiger charge is -2.28. The molecule has 2 aromatic carbocycles. The maximum Gasteiger partial charge on any atom is 0.159 e. The zero-order chi connectivity index (χ0) is 21.4. The highest BCUT2D eigenvalue weighted by molar-refractivity contribution is 5.54. The third-order valence-corrected chi connectivity index (χ3v) is 6.06. The monoisotopic (exact) mass is 410 g/mol. The van der Waals surface area contributed by atoms with Crippen LogP contribution in [0.2, 0.25) is 0 Å². The summed E-state index contributed by atoms with van der Waals surface area (Å²) in [5, 5.41) is 9.88. The number of aromatic nitrogens is 3. The van der Waals surface area contributed by atoms with Crippen molar-refractivity contribution >= 4 is 0 Å². The Bertz CT molecular complexity index is 1230. The molecule has 31 heavy (non-hydrogen) atoms. The molecule has 0 amide bonds. The minimum atomic E-state index is 0.286. The van der Waals surface area contributed by atoms with Crippen LogP contribution >= 0.6 is 0 Å². The zero-order valence-corrected chi connectivity index (χ0v) is 17.9. The number of hydrogen-bond donors (Lipinski definition) is 1. The summed E-state index contributed by atoms with van der Waals surface area (Å²) in [6, 6.07) is 19.8. The SMILES string of the molecule is Cc1cc(CN2CCc3nc(-c4ccccc4)ncc3C2)c(C)n1-c1cccc(O)c1. The number of aryl methyl sites for hydroxylation is 1. The molecule has 0 atom stereocenters. The van der Waals surface area contributed by atoms with Gasteiger partial charge >= 0.3 is 0 Å². The Balaban J connectivity index is 1.36. The maximum absolute atomic E-state index is 9.88. The van der Waals surface area contributed by atoms with Crippen molar-refractivity contribution in [3.8, 4) is 22.8 Å². The Labute approximate surface area is 182 Å². The molecular formula is C26H26N4O. The fourth-order valence-electron chi connectivity index (χ4n) is 4.50. The van der Waals surface area contributed by atoms with Crippen LogP contribution in [-0.2, 0) is 19.5 Å². The van der Waals surface area contributed by atoms with E-state index in [1.807, 2.05) is 42.6 Å². The van der Waals surface area contributed by atoms with Crippen LogP contribution in [0.15, 0.2) is 66.9 Å². The number of aromatic hydroxyl groups is 1. The third kappa shape index (κ3) is 3.84. The van der Waals surface area contributed by atoms with E-state index in [1.165, 1.54) is 22.5 Å². The van der Waals surface area contributed by atoms with E-state index in [4.69, 9.17) is 4.98 Å². The van der Waals surface area contributed by atoms with E-state index in [-0.39, 0.29) is 5.75 Å². The fraction of sp³-hybridized carbons (Fsp3) is 0.231. The molecule has 0 saturated carbocycles. The average Bonchev–Trinajstić information content (AvgIpc) is 3.06. The first kappa shape index (κ1) is 19.5. The van der Waals surface area contributed by atoms with Crippen LogP contribution in [0, 0.1) is 13.8 Å². The Morgan fingerprint density at radius 3 is 2.65 bits per heavy atom. The van der Waals surface area contributed by atoms with Gasteiger partial charge in [0.15, 0.2) is 5.82 Å². The number of rotatable bonds is 4. The van der Waals surface area contributed by atoms with E-state index in [2.05, 4.69) is 46.5 Å². The van der Waals surface area contributed by atoms with Crippen molar-refractivity contribution < 1.29 is 5.11 Å². The second kappa shape index (κ2) is 8.00. The molecule has 5 rings (SSSR count). The van der Waals surface area contributed by atoms with Gasteiger partial charge in [-0.15, -0.1) is 0 Å². The van der Waals surface area contributed by atoms with Gasteiger partial charge in [-0.2, -0.15) is 0 Å². The van der Waals surface area contributed by atoms with E-state index < -0.39 is 0 Å². The number of phenolic OH excluding ortho intramolecular Hbond substituents is 1. The van der Waals surface area contributed by atoms with Gasteiger partial charge in [0.05, 0.1) is 5.69 Å². The highest BCUT2D eigenvalue weighted by atomic mass is 16.3. The van der Waals surface area contributed by atoms with Crippen LogP contribution in [0.1, 0.15) is 28.2 Å². The molecule has 2 aromatic heterocycles. The van der Waals surface area contributed by atoms with Crippen LogP contribution in [0.3, 0.4) is 0 Å². The van der Waals surface area contributed by atoms with Gasteiger partial charge in [0.1, 0.15) is 5.75 Å². The number of hydrogen-bond acceptors (Lipinski definition) is 4. The first-order valence-electron chi connectivity index (χ1n) is 10.7. The standard InChI is InChI=1S/C26H26N4O/c1-18-13-21(19(2)30(18)23-9-6-10-24(31)14-23)16-29-12-11-25-22(17-29)15-27-26(28-25)20-7-4-3-5-8-20/h3-10,13-15,31H,11-12,16-17H2,1-2H3. The molecule has 0 spiro atoms. The molecule has 0 radical (unpaired) electrons. The Morgan fingerprint density at radius 2 is 1.84 bits per heavy atom. The molecule has 0 fully saturated rings. The predicted octanol–water partition coefficient (Wildman–Crippen LogP) is 4.82. The first-order chi connectivity index (χ1) is 15.1. The minimum absolute atomic E-state index is 0.286. The molecule has 1 aliphatic heterocycles. The Hall–Kier alpha value is -3.44. The normalized spacial score (nSPS) is 13.9. The molecule has 5 heteroatoms. The molecule has 0 aliphatic carbocycles. The van der Waals surface area contributed by atoms with Crippen molar-refractivity contribution in [2.75, 3.05) is 6.54 Å². The Morgan fingerprint density at radius 1 is 1.00 bits per heavy atom. The fourth-order valence-corrected chi connectivity index (χ4v) is 4.50. The van der Waals surface area contributed by atoms with Gasteiger partial charge in [-0.05, 0) is 37.6 Å². The molecular weight excluding hydrogens is 384 g/mol. The lowest BCUT2D eigenvalue weighted by Crippen LogP contribution is -2.31. The molecule has 1 N–H and O–H groups in total. The van der Waals surface area contributed by atoms with Gasteiger partial charge in [-0.3, -0.25) is 4.90 Å². The van der Waals surface area contributed by atoms with Gasteiger partial charge in [-0.25, -0.2) is 9.97 Å². The van der Waals surface area contributed by atoms with Crippen LogP contribution in [0.25, 0.3) is 17.1 Å². The molecule has 156 valence electrons. The summed E-state index contributed by atoms with van der Waals surface area (Å²) in [6.07, 6.45) is 2.93. The highest BCUT2D eigenvalue weighted by Crippen LogP contribution is 2.26. The average molecular weight is 411 g/mol. The lowest BCUT2D eigenvalue weighted by atomic mass is 10.1. The summed E-state index contributed by atoms with van der Waals surface area (Å²) in [5.74, 6) is 1.09. The second-order valence-corrected chi connectivity index (χ2v) is 8.24. The number of fused-ring (bicyclic) bond motifs is 1. The van der Waals surface area contributed by atoms with Crippen molar-refractivity contribution in [3.05, 3.63) is 95.1 Å². The highest BCUT2D eigenvalue weighted by Gasteiger charge is 2.21. The van der Waals surface area contributed by atoms with Crippen molar-refractivity contribution in [2.45, 2.75) is 33.4 Å². The molecule has 5 nitrogen and oxygen atoms in total. The zero-order valence-electron chi connectivity index (χ0n) is 17.9.